The lowest BCUT2D eigenvalue weighted by molar-refractivity contribution is 0.440. The molecule has 0 aromatic rings. The van der Waals surface area contributed by atoms with Crippen molar-refractivity contribution in [2.24, 2.45) is 10.9 Å². The standard InChI is InChI=1S/C10H23NOSi/c1-9(2)8-10(3)11-6-5-7-13-12-4/h9H,5-8,13H2,1-4H3. The van der Waals surface area contributed by atoms with Crippen LogP contribution in [0, 0.1) is 5.92 Å². The number of nitrogens with zero attached hydrogens (tertiary/aromatic N) is 1. The predicted octanol–water partition coefficient (Wildman–Crippen LogP) is 2.03. The Morgan fingerprint density at radius 3 is 2.69 bits per heavy atom. The molecule has 0 radical (unpaired) electrons. The Morgan fingerprint density at radius 1 is 1.46 bits per heavy atom. The van der Waals surface area contributed by atoms with E-state index in [0.717, 1.165) is 18.9 Å². The number of rotatable bonds is 7. The molecule has 0 amide bonds. The van der Waals surface area contributed by atoms with Gasteiger partial charge in [-0.05, 0) is 31.7 Å². The Hall–Kier alpha value is -0.153. The van der Waals surface area contributed by atoms with Crippen LogP contribution in [0.15, 0.2) is 4.99 Å². The van der Waals surface area contributed by atoms with Crippen LogP contribution in [0.3, 0.4) is 0 Å². The molecule has 13 heavy (non-hydrogen) atoms. The fourth-order valence-corrected chi connectivity index (χ4v) is 2.00. The molecule has 2 nitrogen and oxygen atoms in total. The van der Waals surface area contributed by atoms with Gasteiger partial charge in [0.25, 0.3) is 0 Å². The van der Waals surface area contributed by atoms with E-state index >= 15 is 0 Å². The smallest absolute Gasteiger partial charge is 0.161 e. The summed E-state index contributed by atoms with van der Waals surface area (Å²) in [5.41, 5.74) is 1.30. The lowest BCUT2D eigenvalue weighted by Gasteiger charge is -2.03. The number of hydrogen-bond acceptors (Lipinski definition) is 2. The summed E-state index contributed by atoms with van der Waals surface area (Å²) in [5.74, 6) is 0.733. The van der Waals surface area contributed by atoms with Crippen LogP contribution >= 0.6 is 0 Å². The van der Waals surface area contributed by atoms with Gasteiger partial charge >= 0.3 is 0 Å². The molecule has 0 saturated heterocycles. The largest absolute Gasteiger partial charge is 0.427 e. The van der Waals surface area contributed by atoms with Crippen molar-refractivity contribution in [2.75, 3.05) is 13.7 Å². The van der Waals surface area contributed by atoms with Gasteiger partial charge in [0.15, 0.2) is 9.76 Å². The van der Waals surface area contributed by atoms with E-state index in [4.69, 9.17) is 4.43 Å². The van der Waals surface area contributed by atoms with Crippen LogP contribution in [0.2, 0.25) is 6.04 Å². The zero-order chi connectivity index (χ0) is 10.1. The van der Waals surface area contributed by atoms with Gasteiger partial charge in [0.1, 0.15) is 0 Å². The molecule has 0 aliphatic heterocycles. The molecule has 0 spiro atoms. The van der Waals surface area contributed by atoms with Crippen LogP contribution in [-0.4, -0.2) is 29.1 Å². The van der Waals surface area contributed by atoms with Crippen LogP contribution in [0.25, 0.3) is 0 Å². The fraction of sp³-hybridized carbons (Fsp3) is 0.900. The van der Waals surface area contributed by atoms with Crippen molar-refractivity contribution < 1.29 is 4.43 Å². The first kappa shape index (κ1) is 12.8. The molecule has 0 heterocycles. The molecule has 78 valence electrons. The van der Waals surface area contributed by atoms with E-state index in [1.54, 1.807) is 7.11 Å². The molecular formula is C10H23NOSi. The minimum atomic E-state index is -0.214. The normalized spacial score (nSPS) is 13.5. The van der Waals surface area contributed by atoms with E-state index in [1.165, 1.54) is 18.2 Å². The maximum Gasteiger partial charge on any atom is 0.161 e. The highest BCUT2D eigenvalue weighted by Gasteiger charge is 1.96. The predicted molar refractivity (Wildman–Crippen MR) is 62.4 cm³/mol. The Kier molecular flexibility index (Phi) is 8.35. The molecule has 0 rings (SSSR count). The Morgan fingerprint density at radius 2 is 2.15 bits per heavy atom. The van der Waals surface area contributed by atoms with Gasteiger partial charge in [0.05, 0.1) is 0 Å². The first-order chi connectivity index (χ1) is 6.16. The van der Waals surface area contributed by atoms with Crippen LogP contribution in [-0.2, 0) is 4.43 Å². The number of hydrogen-bond donors (Lipinski definition) is 0. The lowest BCUT2D eigenvalue weighted by atomic mass is 10.1. The summed E-state index contributed by atoms with van der Waals surface area (Å²) >= 11 is 0. The highest BCUT2D eigenvalue weighted by Crippen LogP contribution is 2.01. The molecule has 0 fully saturated rings. The molecule has 0 aromatic carbocycles. The van der Waals surface area contributed by atoms with E-state index < -0.39 is 0 Å². The van der Waals surface area contributed by atoms with Crippen LogP contribution in [0.4, 0.5) is 0 Å². The molecule has 0 N–H and O–H groups in total. The zero-order valence-electron chi connectivity index (χ0n) is 9.47. The second kappa shape index (κ2) is 8.45. The third-order valence-electron chi connectivity index (χ3n) is 1.84. The molecule has 0 saturated carbocycles. The number of aliphatic imine (C=N–C) groups is 1. The molecular weight excluding hydrogens is 178 g/mol. The minimum absolute atomic E-state index is 0.214. The van der Waals surface area contributed by atoms with E-state index in [9.17, 15) is 0 Å². The highest BCUT2D eigenvalue weighted by atomic mass is 28.2. The van der Waals surface area contributed by atoms with Gasteiger partial charge in [-0.25, -0.2) is 0 Å². The molecule has 0 bridgehead atoms. The second-order valence-corrected chi connectivity index (χ2v) is 5.61. The van der Waals surface area contributed by atoms with Crippen molar-refractivity contribution in [1.82, 2.24) is 0 Å². The van der Waals surface area contributed by atoms with E-state index in [1.807, 2.05) is 0 Å². The lowest BCUT2D eigenvalue weighted by Crippen LogP contribution is -2.00. The van der Waals surface area contributed by atoms with Crippen molar-refractivity contribution in [1.29, 1.82) is 0 Å². The van der Waals surface area contributed by atoms with Crippen LogP contribution in [0.5, 0.6) is 0 Å². The van der Waals surface area contributed by atoms with Gasteiger partial charge in [-0.1, -0.05) is 13.8 Å². The third-order valence-corrected chi connectivity index (χ3v) is 3.04. The molecule has 0 aliphatic rings. The quantitative estimate of drug-likeness (QED) is 0.351. The van der Waals surface area contributed by atoms with Crippen molar-refractivity contribution >= 4 is 15.5 Å². The highest BCUT2D eigenvalue weighted by molar-refractivity contribution is 6.26. The second-order valence-electron chi connectivity index (χ2n) is 3.91. The van der Waals surface area contributed by atoms with E-state index in [-0.39, 0.29) is 9.76 Å². The summed E-state index contributed by atoms with van der Waals surface area (Å²) in [6.07, 6.45) is 2.34. The summed E-state index contributed by atoms with van der Waals surface area (Å²) in [6.45, 7) is 7.59. The first-order valence-corrected chi connectivity index (χ1v) is 6.73. The average molecular weight is 201 g/mol. The Bertz CT molecular complexity index is 146. The minimum Gasteiger partial charge on any atom is -0.427 e. The van der Waals surface area contributed by atoms with Gasteiger partial charge in [-0.3, -0.25) is 4.99 Å². The Balaban J connectivity index is 3.36. The van der Waals surface area contributed by atoms with Crippen molar-refractivity contribution in [3.05, 3.63) is 0 Å². The summed E-state index contributed by atoms with van der Waals surface area (Å²) in [4.78, 5) is 4.52. The molecule has 0 atom stereocenters. The summed E-state index contributed by atoms with van der Waals surface area (Å²) < 4.78 is 5.10. The monoisotopic (exact) mass is 201 g/mol. The summed E-state index contributed by atoms with van der Waals surface area (Å²) in [7, 11) is 1.59. The Labute approximate surface area is 84.7 Å². The third kappa shape index (κ3) is 9.76. The van der Waals surface area contributed by atoms with Crippen molar-refractivity contribution in [2.45, 2.75) is 39.7 Å². The van der Waals surface area contributed by atoms with Gasteiger partial charge in [0.2, 0.25) is 0 Å². The maximum atomic E-state index is 5.10. The summed E-state index contributed by atoms with van der Waals surface area (Å²) in [5, 5.41) is 0. The molecule has 0 aliphatic carbocycles. The SMILES string of the molecule is CO[SiH2]CCCN=C(C)CC(C)C. The molecule has 0 unspecified atom stereocenters. The molecule has 3 heteroatoms. The van der Waals surface area contributed by atoms with Crippen molar-refractivity contribution in [3.63, 3.8) is 0 Å². The summed E-state index contributed by atoms with van der Waals surface area (Å²) in [6, 6.07) is 1.26. The van der Waals surface area contributed by atoms with E-state index in [2.05, 4.69) is 25.8 Å². The average Bonchev–Trinajstić information content (AvgIpc) is 2.02. The van der Waals surface area contributed by atoms with Gasteiger partial charge in [0, 0.05) is 19.4 Å². The fourth-order valence-electron chi connectivity index (χ4n) is 1.28. The van der Waals surface area contributed by atoms with E-state index in [0.29, 0.717) is 0 Å². The van der Waals surface area contributed by atoms with Crippen LogP contribution in [0.1, 0.15) is 33.6 Å². The van der Waals surface area contributed by atoms with Gasteiger partial charge in [-0.15, -0.1) is 0 Å². The topological polar surface area (TPSA) is 21.6 Å². The van der Waals surface area contributed by atoms with Crippen molar-refractivity contribution in [3.8, 4) is 0 Å². The zero-order valence-corrected chi connectivity index (χ0v) is 10.9. The molecule has 0 aromatic heterocycles. The maximum absolute atomic E-state index is 5.10. The van der Waals surface area contributed by atoms with Crippen LogP contribution < -0.4 is 0 Å². The first-order valence-electron chi connectivity index (χ1n) is 5.15. The van der Waals surface area contributed by atoms with Gasteiger partial charge in [-0.2, -0.15) is 0 Å². The van der Waals surface area contributed by atoms with Gasteiger partial charge < -0.3 is 4.43 Å².